The zero-order valence-corrected chi connectivity index (χ0v) is 9.44. The normalized spacial score (nSPS) is 17.9. The smallest absolute Gasteiger partial charge is 0.242 e. The molecule has 0 aliphatic carbocycles. The number of nitrogens with one attached hydrogen (secondary N) is 1. The van der Waals surface area contributed by atoms with Gasteiger partial charge >= 0.3 is 0 Å². The average Bonchev–Trinajstić information content (AvgIpc) is 2.32. The Hall–Kier alpha value is -1.91. The molecular weight excluding hydrogens is 223 g/mol. The lowest BCUT2D eigenvalue weighted by Crippen LogP contribution is -2.52. The number of carbonyl (C=O) groups excluding carboxylic acids is 2. The molecule has 1 N–H and O–H groups in total. The predicted octanol–water partition coefficient (Wildman–Crippen LogP) is 0.845. The van der Waals surface area contributed by atoms with E-state index < -0.39 is 6.04 Å². The highest BCUT2D eigenvalue weighted by Crippen LogP contribution is 2.23. The maximum absolute atomic E-state index is 13.6. The Balaban J connectivity index is 2.24. The summed E-state index contributed by atoms with van der Waals surface area (Å²) in [5.74, 6) is -0.771. The van der Waals surface area contributed by atoms with Gasteiger partial charge in [-0.25, -0.2) is 4.39 Å². The molecule has 5 heteroatoms. The van der Waals surface area contributed by atoms with Gasteiger partial charge in [-0.3, -0.25) is 9.59 Å². The second kappa shape index (κ2) is 4.53. The highest BCUT2D eigenvalue weighted by molar-refractivity contribution is 5.92. The second-order valence-corrected chi connectivity index (χ2v) is 4.00. The zero-order chi connectivity index (χ0) is 12.4. The fraction of sp³-hybridized carbons (Fsp3) is 0.333. The van der Waals surface area contributed by atoms with Crippen LogP contribution in [0.3, 0.4) is 0 Å². The topological polar surface area (TPSA) is 49.4 Å². The molecule has 1 fully saturated rings. The van der Waals surface area contributed by atoms with Crippen LogP contribution in [-0.4, -0.2) is 29.8 Å². The average molecular weight is 236 g/mol. The number of carbonyl (C=O) groups is 2. The van der Waals surface area contributed by atoms with Crippen molar-refractivity contribution >= 4 is 11.8 Å². The van der Waals surface area contributed by atoms with Crippen LogP contribution in [0.15, 0.2) is 24.3 Å². The van der Waals surface area contributed by atoms with Gasteiger partial charge in [-0.15, -0.1) is 0 Å². The summed E-state index contributed by atoms with van der Waals surface area (Å²) in [6, 6.07) is 5.84. The van der Waals surface area contributed by atoms with Crippen LogP contribution in [0.4, 0.5) is 4.39 Å². The Morgan fingerprint density at radius 3 is 2.76 bits per heavy atom. The molecule has 17 heavy (non-hydrogen) atoms. The van der Waals surface area contributed by atoms with Crippen LogP contribution in [-0.2, 0) is 9.59 Å². The number of amides is 2. The maximum atomic E-state index is 13.6. The summed E-state index contributed by atoms with van der Waals surface area (Å²) in [4.78, 5) is 24.3. The Morgan fingerprint density at radius 2 is 2.06 bits per heavy atom. The molecule has 1 aromatic rings. The van der Waals surface area contributed by atoms with Crippen LogP contribution >= 0.6 is 0 Å². The summed E-state index contributed by atoms with van der Waals surface area (Å²) >= 11 is 0. The summed E-state index contributed by atoms with van der Waals surface area (Å²) in [5.41, 5.74) is 0.426. The van der Waals surface area contributed by atoms with Gasteiger partial charge in [0.05, 0.1) is 12.6 Å². The van der Waals surface area contributed by atoms with E-state index in [9.17, 15) is 14.0 Å². The Kier molecular flexibility index (Phi) is 3.08. The van der Waals surface area contributed by atoms with Gasteiger partial charge in [-0.1, -0.05) is 18.2 Å². The largest absolute Gasteiger partial charge is 0.345 e. The molecule has 0 bridgehead atoms. The first-order chi connectivity index (χ1) is 8.09. The summed E-state index contributed by atoms with van der Waals surface area (Å²) < 4.78 is 13.6. The van der Waals surface area contributed by atoms with Crippen LogP contribution in [0, 0.1) is 5.82 Å². The van der Waals surface area contributed by atoms with E-state index in [1.54, 1.807) is 25.1 Å². The molecule has 1 heterocycles. The molecule has 0 radical (unpaired) electrons. The first kappa shape index (κ1) is 11.6. The number of rotatable bonds is 2. The number of piperazine rings is 1. The van der Waals surface area contributed by atoms with E-state index in [0.717, 1.165) is 0 Å². The standard InChI is InChI=1S/C12H13FN2O2/c1-8(9-4-2-3-5-10(9)13)15-7-11(16)14-6-12(15)17/h2-5,8H,6-7H2,1H3,(H,14,16). The van der Waals surface area contributed by atoms with Gasteiger partial charge in [-0.2, -0.15) is 0 Å². The predicted molar refractivity (Wildman–Crippen MR) is 59.5 cm³/mol. The molecule has 0 aromatic heterocycles. The van der Waals surface area contributed by atoms with Gasteiger partial charge in [0.15, 0.2) is 0 Å². The number of halogens is 1. The van der Waals surface area contributed by atoms with Crippen molar-refractivity contribution in [2.24, 2.45) is 0 Å². The SMILES string of the molecule is CC(c1ccccc1F)N1CC(=O)NCC1=O. The van der Waals surface area contributed by atoms with Gasteiger partial charge in [-0.05, 0) is 13.0 Å². The van der Waals surface area contributed by atoms with Gasteiger partial charge in [0, 0.05) is 5.56 Å². The van der Waals surface area contributed by atoms with Crippen LogP contribution in [0.1, 0.15) is 18.5 Å². The van der Waals surface area contributed by atoms with Crippen LogP contribution in [0.25, 0.3) is 0 Å². The van der Waals surface area contributed by atoms with E-state index in [2.05, 4.69) is 5.32 Å². The Bertz CT molecular complexity index is 462. The fourth-order valence-electron chi connectivity index (χ4n) is 1.91. The molecule has 2 rings (SSSR count). The molecule has 1 atom stereocenters. The molecule has 0 spiro atoms. The van der Waals surface area contributed by atoms with Crippen molar-refractivity contribution in [1.82, 2.24) is 10.2 Å². The third-order valence-electron chi connectivity index (χ3n) is 2.89. The number of hydrogen-bond acceptors (Lipinski definition) is 2. The second-order valence-electron chi connectivity index (χ2n) is 4.00. The minimum atomic E-state index is -0.435. The van der Waals surface area contributed by atoms with E-state index in [1.807, 2.05) is 0 Å². The van der Waals surface area contributed by atoms with Crippen molar-refractivity contribution in [2.45, 2.75) is 13.0 Å². The Morgan fingerprint density at radius 1 is 1.35 bits per heavy atom. The van der Waals surface area contributed by atoms with Crippen LogP contribution in [0.2, 0.25) is 0 Å². The van der Waals surface area contributed by atoms with Crippen LogP contribution < -0.4 is 5.32 Å². The van der Waals surface area contributed by atoms with Gasteiger partial charge in [0.2, 0.25) is 11.8 Å². The quantitative estimate of drug-likeness (QED) is 0.827. The molecular formula is C12H13FN2O2. The molecule has 4 nitrogen and oxygen atoms in total. The lowest BCUT2D eigenvalue weighted by atomic mass is 10.1. The summed E-state index contributed by atoms with van der Waals surface area (Å²) in [6.45, 7) is 1.68. The fourth-order valence-corrected chi connectivity index (χ4v) is 1.91. The molecule has 0 saturated carbocycles. The monoisotopic (exact) mass is 236 g/mol. The molecule has 1 unspecified atom stereocenters. The van der Waals surface area contributed by atoms with Gasteiger partial charge in [0.1, 0.15) is 12.4 Å². The Labute approximate surface area is 98.4 Å². The van der Waals surface area contributed by atoms with Gasteiger partial charge in [0.25, 0.3) is 0 Å². The third kappa shape index (κ3) is 2.27. The highest BCUT2D eigenvalue weighted by Gasteiger charge is 2.28. The van der Waals surface area contributed by atoms with Crippen molar-refractivity contribution in [3.8, 4) is 0 Å². The van der Waals surface area contributed by atoms with Crippen molar-refractivity contribution < 1.29 is 14.0 Å². The summed E-state index contributed by atoms with van der Waals surface area (Å²) in [6.07, 6.45) is 0. The van der Waals surface area contributed by atoms with Crippen LogP contribution in [0.5, 0.6) is 0 Å². The maximum Gasteiger partial charge on any atom is 0.242 e. The lowest BCUT2D eigenvalue weighted by molar-refractivity contribution is -0.142. The van der Waals surface area contributed by atoms with E-state index in [0.29, 0.717) is 5.56 Å². The zero-order valence-electron chi connectivity index (χ0n) is 9.44. The minimum absolute atomic E-state index is 0.0162. The highest BCUT2D eigenvalue weighted by atomic mass is 19.1. The molecule has 1 aromatic carbocycles. The van der Waals surface area contributed by atoms with Crippen molar-refractivity contribution in [3.05, 3.63) is 35.6 Å². The molecule has 2 amide bonds. The van der Waals surface area contributed by atoms with E-state index >= 15 is 0 Å². The molecule has 1 aliphatic heterocycles. The number of hydrogen-bond donors (Lipinski definition) is 1. The first-order valence-electron chi connectivity index (χ1n) is 5.40. The van der Waals surface area contributed by atoms with Gasteiger partial charge < -0.3 is 10.2 Å². The van der Waals surface area contributed by atoms with Crippen molar-refractivity contribution in [1.29, 1.82) is 0 Å². The third-order valence-corrected chi connectivity index (χ3v) is 2.89. The lowest BCUT2D eigenvalue weighted by Gasteiger charge is -2.32. The molecule has 1 aliphatic rings. The number of nitrogens with zero attached hydrogens (tertiary/aromatic N) is 1. The van der Waals surface area contributed by atoms with E-state index in [1.165, 1.54) is 11.0 Å². The van der Waals surface area contributed by atoms with E-state index in [4.69, 9.17) is 0 Å². The molecule has 1 saturated heterocycles. The first-order valence-corrected chi connectivity index (χ1v) is 5.40. The summed E-state index contributed by atoms with van der Waals surface area (Å²) in [5, 5.41) is 2.46. The molecule has 90 valence electrons. The van der Waals surface area contributed by atoms with Crippen molar-refractivity contribution in [2.75, 3.05) is 13.1 Å². The van der Waals surface area contributed by atoms with Crippen molar-refractivity contribution in [3.63, 3.8) is 0 Å². The number of benzene rings is 1. The summed E-state index contributed by atoms with van der Waals surface area (Å²) in [7, 11) is 0. The minimum Gasteiger partial charge on any atom is -0.345 e. The van der Waals surface area contributed by atoms with E-state index in [-0.39, 0.29) is 30.7 Å².